The van der Waals surface area contributed by atoms with Crippen molar-refractivity contribution in [2.45, 2.75) is 64.3 Å². The molecule has 0 amide bonds. The minimum atomic E-state index is 0.191. The van der Waals surface area contributed by atoms with Crippen LogP contribution < -0.4 is 5.32 Å². The summed E-state index contributed by atoms with van der Waals surface area (Å²) in [6.45, 7) is 6.66. The zero-order chi connectivity index (χ0) is 12.3. The Morgan fingerprint density at radius 1 is 1.12 bits per heavy atom. The zero-order valence-electron chi connectivity index (χ0n) is 11.3. The van der Waals surface area contributed by atoms with Crippen LogP contribution in [0.25, 0.3) is 0 Å². The third kappa shape index (κ3) is 3.45. The quantitative estimate of drug-likeness (QED) is 0.829. The molecule has 0 spiro atoms. The van der Waals surface area contributed by atoms with E-state index in [1.54, 1.807) is 0 Å². The average molecular weight is 232 g/mol. The second-order valence-electron chi connectivity index (χ2n) is 6.16. The molecule has 0 radical (unpaired) electrons. The third-order valence-electron chi connectivity index (χ3n) is 3.59. The van der Waals surface area contributed by atoms with Gasteiger partial charge in [-0.25, -0.2) is 4.98 Å². The van der Waals surface area contributed by atoms with Gasteiger partial charge < -0.3 is 5.32 Å². The van der Waals surface area contributed by atoms with Gasteiger partial charge in [0.1, 0.15) is 5.82 Å². The molecule has 2 heteroatoms. The number of nitrogens with zero attached hydrogens (tertiary/aromatic N) is 1. The normalized spacial score (nSPS) is 18.1. The van der Waals surface area contributed by atoms with Crippen LogP contribution in [0.4, 0.5) is 5.82 Å². The first kappa shape index (κ1) is 12.4. The summed E-state index contributed by atoms with van der Waals surface area (Å²) in [7, 11) is 0. The second-order valence-corrected chi connectivity index (χ2v) is 6.16. The first-order chi connectivity index (χ1) is 8.05. The van der Waals surface area contributed by atoms with Gasteiger partial charge in [-0.2, -0.15) is 0 Å². The molecule has 17 heavy (non-hydrogen) atoms. The standard InChI is InChI=1S/C15H24N2/c1-15(2,3)12-9-10-14(16-11-12)17-13-7-5-4-6-8-13/h9-11,13H,4-8H2,1-3H3,(H,16,17). The van der Waals surface area contributed by atoms with Crippen molar-refractivity contribution in [3.63, 3.8) is 0 Å². The minimum Gasteiger partial charge on any atom is -0.367 e. The van der Waals surface area contributed by atoms with Crippen molar-refractivity contribution in [1.29, 1.82) is 0 Å². The molecule has 1 aliphatic carbocycles. The first-order valence-corrected chi connectivity index (χ1v) is 6.79. The van der Waals surface area contributed by atoms with E-state index < -0.39 is 0 Å². The number of hydrogen-bond donors (Lipinski definition) is 1. The number of pyridine rings is 1. The molecule has 0 saturated heterocycles. The number of hydrogen-bond acceptors (Lipinski definition) is 2. The smallest absolute Gasteiger partial charge is 0.126 e. The van der Waals surface area contributed by atoms with Crippen LogP contribution in [0, 0.1) is 0 Å². The molecule has 0 aliphatic heterocycles. The van der Waals surface area contributed by atoms with Crippen molar-refractivity contribution in [3.8, 4) is 0 Å². The molecule has 1 aromatic rings. The lowest BCUT2D eigenvalue weighted by atomic mass is 9.88. The van der Waals surface area contributed by atoms with Crippen molar-refractivity contribution < 1.29 is 0 Å². The van der Waals surface area contributed by atoms with Crippen LogP contribution in [-0.2, 0) is 5.41 Å². The maximum absolute atomic E-state index is 4.53. The van der Waals surface area contributed by atoms with E-state index in [1.165, 1.54) is 37.7 Å². The van der Waals surface area contributed by atoms with Crippen molar-refractivity contribution in [3.05, 3.63) is 23.9 Å². The van der Waals surface area contributed by atoms with Crippen LogP contribution in [-0.4, -0.2) is 11.0 Å². The highest BCUT2D eigenvalue weighted by atomic mass is 15.0. The van der Waals surface area contributed by atoms with Crippen LogP contribution in [0.5, 0.6) is 0 Å². The number of anilines is 1. The molecule has 2 rings (SSSR count). The average Bonchev–Trinajstić information content (AvgIpc) is 2.30. The van der Waals surface area contributed by atoms with Crippen LogP contribution in [0.1, 0.15) is 58.4 Å². The van der Waals surface area contributed by atoms with E-state index in [0.717, 1.165) is 5.82 Å². The Kier molecular flexibility index (Phi) is 3.70. The van der Waals surface area contributed by atoms with Gasteiger partial charge in [0.2, 0.25) is 0 Å². The highest BCUT2D eigenvalue weighted by molar-refractivity contribution is 5.38. The summed E-state index contributed by atoms with van der Waals surface area (Å²) in [5.74, 6) is 1.03. The van der Waals surface area contributed by atoms with Gasteiger partial charge in [-0.15, -0.1) is 0 Å². The van der Waals surface area contributed by atoms with Crippen LogP contribution in [0.3, 0.4) is 0 Å². The van der Waals surface area contributed by atoms with Gasteiger partial charge in [-0.3, -0.25) is 0 Å². The molecule has 1 fully saturated rings. The lowest BCUT2D eigenvalue weighted by molar-refractivity contribution is 0.462. The summed E-state index contributed by atoms with van der Waals surface area (Å²) in [6, 6.07) is 4.95. The Hall–Kier alpha value is -1.05. The van der Waals surface area contributed by atoms with Gasteiger partial charge >= 0.3 is 0 Å². The van der Waals surface area contributed by atoms with Crippen molar-refractivity contribution in [2.24, 2.45) is 0 Å². The number of rotatable bonds is 2. The molecule has 1 heterocycles. The fourth-order valence-electron chi connectivity index (χ4n) is 2.38. The van der Waals surface area contributed by atoms with Crippen molar-refractivity contribution >= 4 is 5.82 Å². The number of nitrogens with one attached hydrogen (secondary N) is 1. The molecule has 1 N–H and O–H groups in total. The van der Waals surface area contributed by atoms with E-state index in [1.807, 2.05) is 6.20 Å². The lowest BCUT2D eigenvalue weighted by Crippen LogP contribution is -2.23. The van der Waals surface area contributed by atoms with Gasteiger partial charge in [0.05, 0.1) is 0 Å². The fourth-order valence-corrected chi connectivity index (χ4v) is 2.38. The van der Waals surface area contributed by atoms with Crippen LogP contribution in [0.15, 0.2) is 18.3 Å². The lowest BCUT2D eigenvalue weighted by Gasteiger charge is -2.24. The molecule has 2 nitrogen and oxygen atoms in total. The van der Waals surface area contributed by atoms with Gasteiger partial charge in [0, 0.05) is 12.2 Å². The molecule has 0 aromatic carbocycles. The predicted octanol–water partition coefficient (Wildman–Crippen LogP) is 4.12. The molecule has 0 bridgehead atoms. The monoisotopic (exact) mass is 232 g/mol. The fraction of sp³-hybridized carbons (Fsp3) is 0.667. The van der Waals surface area contributed by atoms with E-state index in [-0.39, 0.29) is 5.41 Å². The summed E-state index contributed by atoms with van der Waals surface area (Å²) >= 11 is 0. The molecule has 94 valence electrons. The van der Waals surface area contributed by atoms with Crippen LogP contribution >= 0.6 is 0 Å². The van der Waals surface area contributed by atoms with E-state index in [0.29, 0.717) is 6.04 Å². The molecule has 1 aromatic heterocycles. The van der Waals surface area contributed by atoms with Gasteiger partial charge in [0.25, 0.3) is 0 Å². The Morgan fingerprint density at radius 2 is 1.82 bits per heavy atom. The summed E-state index contributed by atoms with van der Waals surface area (Å²) in [6.07, 6.45) is 8.71. The topological polar surface area (TPSA) is 24.9 Å². The summed E-state index contributed by atoms with van der Waals surface area (Å²) in [4.78, 5) is 4.53. The van der Waals surface area contributed by atoms with E-state index >= 15 is 0 Å². The predicted molar refractivity (Wildman–Crippen MR) is 73.4 cm³/mol. The van der Waals surface area contributed by atoms with E-state index in [2.05, 4.69) is 43.2 Å². The van der Waals surface area contributed by atoms with Gasteiger partial charge in [0.15, 0.2) is 0 Å². The van der Waals surface area contributed by atoms with Crippen molar-refractivity contribution in [1.82, 2.24) is 4.98 Å². The van der Waals surface area contributed by atoms with Gasteiger partial charge in [-0.1, -0.05) is 46.1 Å². The maximum atomic E-state index is 4.53. The summed E-state index contributed by atoms with van der Waals surface area (Å²) in [5.41, 5.74) is 1.49. The van der Waals surface area contributed by atoms with Crippen molar-refractivity contribution in [2.75, 3.05) is 5.32 Å². The molecule has 1 aliphatic rings. The Bertz CT molecular complexity index is 342. The molecule has 1 saturated carbocycles. The Balaban J connectivity index is 1.98. The maximum Gasteiger partial charge on any atom is 0.126 e. The zero-order valence-corrected chi connectivity index (χ0v) is 11.3. The van der Waals surface area contributed by atoms with Gasteiger partial charge in [-0.05, 0) is 29.9 Å². The van der Waals surface area contributed by atoms with Crippen LogP contribution in [0.2, 0.25) is 0 Å². The molecular formula is C15H24N2. The molecule has 0 unspecified atom stereocenters. The first-order valence-electron chi connectivity index (χ1n) is 6.79. The Labute approximate surface area is 105 Å². The van der Waals surface area contributed by atoms with E-state index in [4.69, 9.17) is 0 Å². The minimum absolute atomic E-state index is 0.191. The highest BCUT2D eigenvalue weighted by Crippen LogP contribution is 2.24. The number of aromatic nitrogens is 1. The Morgan fingerprint density at radius 3 is 2.35 bits per heavy atom. The summed E-state index contributed by atoms with van der Waals surface area (Å²) < 4.78 is 0. The third-order valence-corrected chi connectivity index (χ3v) is 3.59. The molecule has 0 atom stereocenters. The largest absolute Gasteiger partial charge is 0.367 e. The molecular weight excluding hydrogens is 208 g/mol. The SMILES string of the molecule is CC(C)(C)c1ccc(NC2CCCCC2)nc1. The van der Waals surface area contributed by atoms with E-state index in [9.17, 15) is 0 Å². The highest BCUT2D eigenvalue weighted by Gasteiger charge is 2.15. The summed E-state index contributed by atoms with van der Waals surface area (Å²) in [5, 5.41) is 3.55. The second kappa shape index (κ2) is 5.07.